The largest absolute Gasteiger partial charge is 0.488 e. The molecule has 3 aromatic rings. The Labute approximate surface area is 177 Å². The topological polar surface area (TPSA) is 73.2 Å². The Bertz CT molecular complexity index is 1100. The quantitative estimate of drug-likeness (QED) is 0.632. The van der Waals surface area contributed by atoms with E-state index in [2.05, 4.69) is 23.1 Å². The second-order valence-corrected chi connectivity index (χ2v) is 9.65. The number of nitrogens with zero attached hydrogens (tertiary/aromatic N) is 2. The van der Waals surface area contributed by atoms with Crippen LogP contribution in [0.2, 0.25) is 0 Å². The fraction of sp³-hybridized carbons (Fsp3) is 0.261. The molecule has 0 spiro atoms. The molecule has 2 N–H and O–H groups in total. The zero-order chi connectivity index (χ0) is 20.7. The van der Waals surface area contributed by atoms with Crippen molar-refractivity contribution >= 4 is 27.5 Å². The Morgan fingerprint density at radius 1 is 0.967 bits per heavy atom. The summed E-state index contributed by atoms with van der Waals surface area (Å²) in [5, 5.41) is 2.26. The fourth-order valence-electron chi connectivity index (χ4n) is 4.29. The molecule has 156 valence electrons. The number of carbonyl (C=O) groups is 1. The van der Waals surface area contributed by atoms with Crippen molar-refractivity contribution in [2.24, 2.45) is 0 Å². The summed E-state index contributed by atoms with van der Waals surface area (Å²) in [6.45, 7) is 2.45. The van der Waals surface area contributed by atoms with E-state index in [-0.39, 0.29) is 18.6 Å². The highest BCUT2D eigenvalue weighted by molar-refractivity contribution is 8.23. The maximum Gasteiger partial charge on any atom is 0.274 e. The van der Waals surface area contributed by atoms with Gasteiger partial charge in [-0.2, -0.15) is 0 Å². The first-order valence-corrected chi connectivity index (χ1v) is 11.6. The number of rotatable bonds is 5. The molecule has 2 heterocycles. The van der Waals surface area contributed by atoms with Crippen LogP contribution in [-0.4, -0.2) is 56.5 Å². The van der Waals surface area contributed by atoms with Crippen LogP contribution in [0.4, 0.5) is 0 Å². The van der Waals surface area contributed by atoms with Crippen molar-refractivity contribution in [2.75, 3.05) is 26.2 Å². The number of carbonyl (C=O) groups excluding carboxylic acids is 1. The monoisotopic (exact) mass is 424 g/mol. The SMILES string of the molecule is O=C1c2ccccc2S(O)(O)N1CCN1CCC(Oc2cccc3ccccc23)C1. The Balaban J connectivity index is 1.22. The Hall–Kier alpha value is -2.58. The second-order valence-electron chi connectivity index (χ2n) is 7.73. The lowest BCUT2D eigenvalue weighted by molar-refractivity contribution is 0.0852. The standard InChI is InChI=1S/C23H24N2O4S/c26-23-20-9-3-4-11-22(20)30(27,28)25(23)15-14-24-13-12-18(16-24)29-21-10-5-7-17-6-1-2-8-19(17)21/h1-11,18,27-28H,12-16H2. The third-order valence-electron chi connectivity index (χ3n) is 5.84. The van der Waals surface area contributed by atoms with E-state index in [1.165, 1.54) is 4.31 Å². The zero-order valence-electron chi connectivity index (χ0n) is 16.5. The van der Waals surface area contributed by atoms with E-state index in [9.17, 15) is 13.9 Å². The highest BCUT2D eigenvalue weighted by Crippen LogP contribution is 2.58. The molecule has 5 rings (SSSR count). The molecule has 6 nitrogen and oxygen atoms in total. The first kappa shape index (κ1) is 19.4. The van der Waals surface area contributed by atoms with E-state index in [0.717, 1.165) is 36.0 Å². The average Bonchev–Trinajstić information content (AvgIpc) is 3.28. The van der Waals surface area contributed by atoms with Gasteiger partial charge in [0.05, 0.1) is 17.0 Å². The first-order chi connectivity index (χ1) is 14.5. The van der Waals surface area contributed by atoms with Crippen LogP contribution in [0.25, 0.3) is 10.8 Å². The van der Waals surface area contributed by atoms with Crippen molar-refractivity contribution in [3.8, 4) is 5.75 Å². The molecule has 2 aliphatic heterocycles. The molecule has 1 amide bonds. The summed E-state index contributed by atoms with van der Waals surface area (Å²) < 4.78 is 28.7. The molecule has 1 unspecified atom stereocenters. The Kier molecular flexibility index (Phi) is 4.91. The van der Waals surface area contributed by atoms with Crippen LogP contribution in [0.15, 0.2) is 71.6 Å². The zero-order valence-corrected chi connectivity index (χ0v) is 17.3. The van der Waals surface area contributed by atoms with Crippen molar-refractivity contribution < 1.29 is 18.6 Å². The molecule has 30 heavy (non-hydrogen) atoms. The molecule has 0 bridgehead atoms. The van der Waals surface area contributed by atoms with E-state index >= 15 is 0 Å². The summed E-state index contributed by atoms with van der Waals surface area (Å²) in [5.41, 5.74) is 0.385. The number of fused-ring (bicyclic) bond motifs is 2. The van der Waals surface area contributed by atoms with Crippen LogP contribution in [-0.2, 0) is 0 Å². The lowest BCUT2D eigenvalue weighted by atomic mass is 10.1. The van der Waals surface area contributed by atoms with Gasteiger partial charge >= 0.3 is 0 Å². The molecule has 0 aromatic heterocycles. The molecule has 1 saturated heterocycles. The van der Waals surface area contributed by atoms with E-state index in [1.54, 1.807) is 24.3 Å². The van der Waals surface area contributed by atoms with E-state index in [0.29, 0.717) is 17.0 Å². The van der Waals surface area contributed by atoms with Crippen LogP contribution < -0.4 is 4.74 Å². The fourth-order valence-corrected chi connectivity index (χ4v) is 5.90. The van der Waals surface area contributed by atoms with Gasteiger partial charge in [0.2, 0.25) is 0 Å². The second kappa shape index (κ2) is 7.59. The molecule has 1 atom stereocenters. The maximum atomic E-state index is 12.6. The lowest BCUT2D eigenvalue weighted by Gasteiger charge is -2.37. The molecule has 1 fully saturated rings. The molecule has 2 aliphatic rings. The predicted molar refractivity (Wildman–Crippen MR) is 118 cm³/mol. The summed E-state index contributed by atoms with van der Waals surface area (Å²) in [5.74, 6) is 0.577. The van der Waals surface area contributed by atoms with Crippen molar-refractivity contribution in [1.29, 1.82) is 0 Å². The minimum atomic E-state index is -3.25. The molecule has 3 aromatic carbocycles. The number of amides is 1. The van der Waals surface area contributed by atoms with Gasteiger partial charge in [0.25, 0.3) is 5.91 Å². The van der Waals surface area contributed by atoms with Gasteiger partial charge in [0, 0.05) is 25.0 Å². The summed E-state index contributed by atoms with van der Waals surface area (Å²) in [6.07, 6.45) is 0.968. The van der Waals surface area contributed by atoms with Crippen molar-refractivity contribution in [3.63, 3.8) is 0 Å². The van der Waals surface area contributed by atoms with Crippen LogP contribution in [0, 0.1) is 0 Å². The highest BCUT2D eigenvalue weighted by Gasteiger charge is 2.41. The van der Waals surface area contributed by atoms with Gasteiger partial charge in [-0.15, -0.1) is 0 Å². The Morgan fingerprint density at radius 3 is 2.60 bits per heavy atom. The van der Waals surface area contributed by atoms with Gasteiger partial charge in [-0.25, -0.2) is 4.31 Å². The third-order valence-corrected chi connectivity index (χ3v) is 7.75. The van der Waals surface area contributed by atoms with Gasteiger partial charge in [0.15, 0.2) is 0 Å². The van der Waals surface area contributed by atoms with E-state index < -0.39 is 10.8 Å². The maximum absolute atomic E-state index is 12.6. The van der Waals surface area contributed by atoms with Crippen molar-refractivity contribution in [1.82, 2.24) is 9.21 Å². The number of ether oxygens (including phenoxy) is 1. The molecular weight excluding hydrogens is 400 g/mol. The van der Waals surface area contributed by atoms with Crippen molar-refractivity contribution in [3.05, 3.63) is 72.3 Å². The molecule has 0 saturated carbocycles. The third kappa shape index (κ3) is 3.33. The van der Waals surface area contributed by atoms with Crippen LogP contribution >= 0.6 is 10.8 Å². The summed E-state index contributed by atoms with van der Waals surface area (Å²) in [6, 6.07) is 21.0. The average molecular weight is 425 g/mol. The van der Waals surface area contributed by atoms with E-state index in [1.807, 2.05) is 24.3 Å². The Morgan fingerprint density at radius 2 is 1.73 bits per heavy atom. The van der Waals surface area contributed by atoms with Gasteiger partial charge in [-0.1, -0.05) is 59.3 Å². The van der Waals surface area contributed by atoms with Gasteiger partial charge in [0.1, 0.15) is 11.9 Å². The molecular formula is C23H24N2O4S. The lowest BCUT2D eigenvalue weighted by Crippen LogP contribution is -2.36. The van der Waals surface area contributed by atoms with Gasteiger partial charge in [-0.05, 0) is 30.0 Å². The summed E-state index contributed by atoms with van der Waals surface area (Å²) in [7, 11) is -3.25. The molecule has 0 aliphatic carbocycles. The van der Waals surface area contributed by atoms with Gasteiger partial charge < -0.3 is 4.74 Å². The first-order valence-electron chi connectivity index (χ1n) is 10.1. The summed E-state index contributed by atoms with van der Waals surface area (Å²) >= 11 is 0. The summed E-state index contributed by atoms with van der Waals surface area (Å²) in [4.78, 5) is 15.2. The number of hydrogen-bond acceptors (Lipinski definition) is 5. The normalized spacial score (nSPS) is 21.7. The van der Waals surface area contributed by atoms with Crippen LogP contribution in [0.3, 0.4) is 0 Å². The highest BCUT2D eigenvalue weighted by atomic mass is 32.3. The van der Waals surface area contributed by atoms with E-state index in [4.69, 9.17) is 4.74 Å². The van der Waals surface area contributed by atoms with Crippen LogP contribution in [0.1, 0.15) is 16.8 Å². The molecule has 7 heteroatoms. The number of hydrogen-bond donors (Lipinski definition) is 2. The minimum absolute atomic E-state index is 0.0719. The predicted octanol–water partition coefficient (Wildman–Crippen LogP) is 4.47. The smallest absolute Gasteiger partial charge is 0.274 e. The molecule has 0 radical (unpaired) electrons. The van der Waals surface area contributed by atoms with Crippen molar-refractivity contribution in [2.45, 2.75) is 17.4 Å². The number of benzene rings is 3. The number of likely N-dealkylation sites (tertiary alicyclic amines) is 1. The van der Waals surface area contributed by atoms with Crippen LogP contribution in [0.5, 0.6) is 5.75 Å². The minimum Gasteiger partial charge on any atom is -0.488 e. The van der Waals surface area contributed by atoms with Gasteiger partial charge in [-0.3, -0.25) is 18.8 Å².